The van der Waals surface area contributed by atoms with Crippen LogP contribution >= 0.6 is 0 Å². The lowest BCUT2D eigenvalue weighted by atomic mass is 10.1. The quantitative estimate of drug-likeness (QED) is 0.388. The Morgan fingerprint density at radius 1 is 1.15 bits per heavy atom. The van der Waals surface area contributed by atoms with Crippen molar-refractivity contribution in [1.29, 1.82) is 0 Å². The van der Waals surface area contributed by atoms with E-state index in [1.54, 1.807) is 19.2 Å². The molecular weight excluding hydrogens is 256 g/mol. The van der Waals surface area contributed by atoms with Crippen LogP contribution in [0, 0.1) is 6.92 Å². The molecule has 0 saturated carbocycles. The zero-order valence-corrected chi connectivity index (χ0v) is 11.3. The predicted octanol–water partition coefficient (Wildman–Crippen LogP) is 2.89. The van der Waals surface area contributed by atoms with Crippen LogP contribution in [0.5, 0.6) is 17.2 Å². The van der Waals surface area contributed by atoms with Gasteiger partial charge in [0.05, 0.1) is 12.7 Å². The Bertz CT molecular complexity index is 639. The summed E-state index contributed by atoms with van der Waals surface area (Å²) in [7, 11) is 1.59. The van der Waals surface area contributed by atoms with Gasteiger partial charge in [0.1, 0.15) is 17.2 Å². The number of rotatable bonds is 4. The molecule has 5 heteroatoms. The highest BCUT2D eigenvalue weighted by molar-refractivity contribution is 6.00. The zero-order chi connectivity index (χ0) is 14.5. The third kappa shape index (κ3) is 2.83. The van der Waals surface area contributed by atoms with Crippen molar-refractivity contribution in [2.75, 3.05) is 7.11 Å². The SMILES string of the molecule is COc1cccc(Oc2c(C)cccc2/C(N)=N/O)c1. The van der Waals surface area contributed by atoms with Gasteiger partial charge in [-0.1, -0.05) is 23.4 Å². The zero-order valence-electron chi connectivity index (χ0n) is 11.3. The fourth-order valence-electron chi connectivity index (χ4n) is 1.83. The first-order valence-corrected chi connectivity index (χ1v) is 6.05. The van der Waals surface area contributed by atoms with E-state index < -0.39 is 0 Å². The Kier molecular flexibility index (Phi) is 4.10. The van der Waals surface area contributed by atoms with Gasteiger partial charge in [-0.05, 0) is 30.7 Å². The molecule has 0 fully saturated rings. The lowest BCUT2D eigenvalue weighted by Gasteiger charge is -2.13. The van der Waals surface area contributed by atoms with E-state index >= 15 is 0 Å². The van der Waals surface area contributed by atoms with Crippen LogP contribution in [0.25, 0.3) is 0 Å². The number of nitrogens with zero attached hydrogens (tertiary/aromatic N) is 1. The van der Waals surface area contributed by atoms with Crippen LogP contribution in [0.1, 0.15) is 11.1 Å². The fourth-order valence-corrected chi connectivity index (χ4v) is 1.83. The van der Waals surface area contributed by atoms with Crippen molar-refractivity contribution in [3.8, 4) is 17.2 Å². The second kappa shape index (κ2) is 5.97. The first kappa shape index (κ1) is 13.7. The summed E-state index contributed by atoms with van der Waals surface area (Å²) in [6, 6.07) is 12.7. The van der Waals surface area contributed by atoms with Crippen molar-refractivity contribution in [1.82, 2.24) is 0 Å². The summed E-state index contributed by atoms with van der Waals surface area (Å²) in [6.45, 7) is 1.89. The molecule has 0 unspecified atom stereocenters. The Hall–Kier alpha value is -2.69. The molecule has 0 aromatic heterocycles. The first-order chi connectivity index (χ1) is 9.65. The predicted molar refractivity (Wildman–Crippen MR) is 76.8 cm³/mol. The van der Waals surface area contributed by atoms with Crippen molar-refractivity contribution in [3.63, 3.8) is 0 Å². The van der Waals surface area contributed by atoms with Crippen molar-refractivity contribution in [3.05, 3.63) is 53.6 Å². The molecule has 0 spiro atoms. The number of hydrogen-bond acceptors (Lipinski definition) is 4. The van der Waals surface area contributed by atoms with Crippen LogP contribution in [0.15, 0.2) is 47.6 Å². The van der Waals surface area contributed by atoms with E-state index in [0.717, 1.165) is 5.56 Å². The van der Waals surface area contributed by atoms with Crippen molar-refractivity contribution in [2.45, 2.75) is 6.92 Å². The molecule has 0 radical (unpaired) electrons. The van der Waals surface area contributed by atoms with E-state index in [1.807, 2.05) is 37.3 Å². The molecule has 104 valence electrons. The normalized spacial score (nSPS) is 11.2. The minimum atomic E-state index is 0.00611. The molecule has 2 rings (SSSR count). The third-order valence-corrected chi connectivity index (χ3v) is 2.86. The topological polar surface area (TPSA) is 77.1 Å². The summed E-state index contributed by atoms with van der Waals surface area (Å²) in [6.07, 6.45) is 0. The summed E-state index contributed by atoms with van der Waals surface area (Å²) in [4.78, 5) is 0. The molecule has 0 atom stereocenters. The van der Waals surface area contributed by atoms with E-state index in [-0.39, 0.29) is 5.84 Å². The first-order valence-electron chi connectivity index (χ1n) is 6.05. The van der Waals surface area contributed by atoms with Crippen LogP contribution in [-0.2, 0) is 0 Å². The van der Waals surface area contributed by atoms with Gasteiger partial charge in [0.2, 0.25) is 0 Å². The average molecular weight is 272 g/mol. The number of benzene rings is 2. The maximum atomic E-state index is 8.84. The van der Waals surface area contributed by atoms with Gasteiger partial charge in [0.15, 0.2) is 5.84 Å². The number of ether oxygens (including phenoxy) is 2. The molecular formula is C15H16N2O3. The Morgan fingerprint density at radius 2 is 1.85 bits per heavy atom. The molecule has 3 N–H and O–H groups in total. The fraction of sp³-hybridized carbons (Fsp3) is 0.133. The van der Waals surface area contributed by atoms with E-state index in [4.69, 9.17) is 20.4 Å². The second-order valence-electron chi connectivity index (χ2n) is 4.22. The summed E-state index contributed by atoms with van der Waals surface area (Å²) >= 11 is 0. The smallest absolute Gasteiger partial charge is 0.173 e. The number of methoxy groups -OCH3 is 1. The van der Waals surface area contributed by atoms with Gasteiger partial charge in [-0.15, -0.1) is 0 Å². The van der Waals surface area contributed by atoms with Gasteiger partial charge < -0.3 is 20.4 Å². The van der Waals surface area contributed by atoms with Crippen LogP contribution in [-0.4, -0.2) is 18.2 Å². The van der Waals surface area contributed by atoms with Crippen LogP contribution in [0.2, 0.25) is 0 Å². The van der Waals surface area contributed by atoms with E-state index in [0.29, 0.717) is 22.8 Å². The molecule has 0 aliphatic heterocycles. The molecule has 0 aliphatic carbocycles. The summed E-state index contributed by atoms with van der Waals surface area (Å²) in [5.41, 5.74) is 7.09. The van der Waals surface area contributed by atoms with Gasteiger partial charge in [0, 0.05) is 6.07 Å². The van der Waals surface area contributed by atoms with Crippen molar-refractivity contribution in [2.24, 2.45) is 10.9 Å². The van der Waals surface area contributed by atoms with Gasteiger partial charge >= 0.3 is 0 Å². The highest BCUT2D eigenvalue weighted by Crippen LogP contribution is 2.30. The van der Waals surface area contributed by atoms with E-state index in [9.17, 15) is 0 Å². The number of para-hydroxylation sites is 1. The maximum absolute atomic E-state index is 8.84. The summed E-state index contributed by atoms with van der Waals surface area (Å²) in [5, 5.41) is 11.9. The van der Waals surface area contributed by atoms with Crippen LogP contribution in [0.3, 0.4) is 0 Å². The lowest BCUT2D eigenvalue weighted by Crippen LogP contribution is -2.14. The number of oxime groups is 1. The number of amidine groups is 1. The minimum Gasteiger partial charge on any atom is -0.497 e. The average Bonchev–Trinajstić information content (AvgIpc) is 2.48. The second-order valence-corrected chi connectivity index (χ2v) is 4.22. The molecule has 0 heterocycles. The summed E-state index contributed by atoms with van der Waals surface area (Å²) in [5.74, 6) is 1.87. The monoisotopic (exact) mass is 272 g/mol. The molecule has 0 bridgehead atoms. The van der Waals surface area contributed by atoms with Gasteiger partial charge in [-0.25, -0.2) is 0 Å². The Balaban J connectivity index is 2.42. The number of aryl methyl sites for hydroxylation is 1. The van der Waals surface area contributed by atoms with Crippen LogP contribution < -0.4 is 15.2 Å². The van der Waals surface area contributed by atoms with Gasteiger partial charge in [-0.3, -0.25) is 0 Å². The number of nitrogens with two attached hydrogens (primary N) is 1. The third-order valence-electron chi connectivity index (χ3n) is 2.86. The highest BCUT2D eigenvalue weighted by atomic mass is 16.5. The molecule has 0 aliphatic rings. The Morgan fingerprint density at radius 3 is 2.55 bits per heavy atom. The van der Waals surface area contributed by atoms with E-state index in [1.165, 1.54) is 0 Å². The number of hydrogen-bond donors (Lipinski definition) is 2. The maximum Gasteiger partial charge on any atom is 0.173 e. The van der Waals surface area contributed by atoms with Gasteiger partial charge in [-0.2, -0.15) is 0 Å². The molecule has 2 aromatic carbocycles. The molecule has 0 saturated heterocycles. The van der Waals surface area contributed by atoms with Gasteiger partial charge in [0.25, 0.3) is 0 Å². The highest BCUT2D eigenvalue weighted by Gasteiger charge is 2.12. The lowest BCUT2D eigenvalue weighted by molar-refractivity contribution is 0.318. The van der Waals surface area contributed by atoms with Crippen molar-refractivity contribution >= 4 is 5.84 Å². The standard InChI is InChI=1S/C15H16N2O3/c1-10-5-3-8-13(15(16)17-18)14(10)20-12-7-4-6-11(9-12)19-2/h3-9,18H,1-2H3,(H2,16,17). The van der Waals surface area contributed by atoms with E-state index in [2.05, 4.69) is 5.16 Å². The minimum absolute atomic E-state index is 0.00611. The molecule has 0 amide bonds. The Labute approximate surface area is 117 Å². The molecule has 2 aromatic rings. The van der Waals surface area contributed by atoms with Crippen molar-refractivity contribution < 1.29 is 14.7 Å². The largest absolute Gasteiger partial charge is 0.497 e. The molecule has 20 heavy (non-hydrogen) atoms. The van der Waals surface area contributed by atoms with Crippen LogP contribution in [0.4, 0.5) is 0 Å². The molecule has 5 nitrogen and oxygen atoms in total. The summed E-state index contributed by atoms with van der Waals surface area (Å²) < 4.78 is 11.0.